The number of piperazine rings is 1. The molecule has 1 aliphatic heterocycles. The van der Waals surface area contributed by atoms with Gasteiger partial charge >= 0.3 is 0 Å². The number of imidazole rings is 1. The SMILES string of the molecule is Cn1ccnc1C1CNCCN1Cc1cc2ccccc2[nH]c1=O. The van der Waals surface area contributed by atoms with Crippen LogP contribution in [-0.4, -0.2) is 39.1 Å². The summed E-state index contributed by atoms with van der Waals surface area (Å²) in [5, 5.41) is 4.49. The molecule has 0 bridgehead atoms. The van der Waals surface area contributed by atoms with Gasteiger partial charge in [0, 0.05) is 56.7 Å². The molecule has 1 fully saturated rings. The zero-order valence-corrected chi connectivity index (χ0v) is 13.7. The molecule has 1 aliphatic rings. The van der Waals surface area contributed by atoms with E-state index in [2.05, 4.69) is 24.8 Å². The largest absolute Gasteiger partial charge is 0.337 e. The molecule has 0 aliphatic carbocycles. The normalized spacial score (nSPS) is 19.0. The van der Waals surface area contributed by atoms with Crippen LogP contribution in [0.5, 0.6) is 0 Å². The standard InChI is InChI=1S/C18H21N5O/c1-22-8-7-20-17(22)16-11-19-6-9-23(16)12-14-10-13-4-2-3-5-15(13)21-18(14)24/h2-5,7-8,10,16,19H,6,9,11-12H2,1H3,(H,21,24). The number of hydrogen-bond acceptors (Lipinski definition) is 4. The van der Waals surface area contributed by atoms with Crippen LogP contribution in [0.15, 0.2) is 47.5 Å². The van der Waals surface area contributed by atoms with Crippen molar-refractivity contribution >= 4 is 10.9 Å². The molecule has 0 radical (unpaired) electrons. The topological polar surface area (TPSA) is 66.0 Å². The van der Waals surface area contributed by atoms with E-state index in [9.17, 15) is 4.79 Å². The van der Waals surface area contributed by atoms with E-state index in [-0.39, 0.29) is 11.6 Å². The van der Waals surface area contributed by atoms with Gasteiger partial charge in [0.2, 0.25) is 0 Å². The zero-order valence-electron chi connectivity index (χ0n) is 13.7. The van der Waals surface area contributed by atoms with Gasteiger partial charge in [-0.25, -0.2) is 4.98 Å². The molecule has 24 heavy (non-hydrogen) atoms. The van der Waals surface area contributed by atoms with Crippen LogP contribution in [0, 0.1) is 0 Å². The molecule has 0 spiro atoms. The molecule has 1 saturated heterocycles. The number of aromatic amines is 1. The van der Waals surface area contributed by atoms with E-state index in [1.807, 2.05) is 49.8 Å². The summed E-state index contributed by atoms with van der Waals surface area (Å²) in [6, 6.07) is 10.1. The van der Waals surface area contributed by atoms with E-state index < -0.39 is 0 Å². The quantitative estimate of drug-likeness (QED) is 0.765. The second-order valence-corrected chi connectivity index (χ2v) is 6.30. The van der Waals surface area contributed by atoms with Gasteiger partial charge in [-0.1, -0.05) is 18.2 Å². The fraction of sp³-hybridized carbons (Fsp3) is 0.333. The van der Waals surface area contributed by atoms with Crippen LogP contribution in [0.3, 0.4) is 0 Å². The maximum Gasteiger partial charge on any atom is 0.252 e. The highest BCUT2D eigenvalue weighted by Crippen LogP contribution is 2.22. The van der Waals surface area contributed by atoms with Crippen molar-refractivity contribution in [2.24, 2.45) is 7.05 Å². The lowest BCUT2D eigenvalue weighted by Gasteiger charge is -2.35. The average Bonchev–Trinajstić information content (AvgIpc) is 3.02. The van der Waals surface area contributed by atoms with Gasteiger partial charge in [0.25, 0.3) is 5.56 Å². The van der Waals surface area contributed by atoms with E-state index in [0.717, 1.165) is 41.9 Å². The number of pyridine rings is 1. The first-order valence-corrected chi connectivity index (χ1v) is 8.25. The minimum absolute atomic E-state index is 0.00850. The number of rotatable bonds is 3. The van der Waals surface area contributed by atoms with Crippen molar-refractivity contribution in [1.29, 1.82) is 0 Å². The summed E-state index contributed by atoms with van der Waals surface area (Å²) >= 11 is 0. The van der Waals surface area contributed by atoms with Crippen LogP contribution in [0.2, 0.25) is 0 Å². The van der Waals surface area contributed by atoms with E-state index >= 15 is 0 Å². The maximum absolute atomic E-state index is 12.4. The third-order valence-electron chi connectivity index (χ3n) is 4.71. The predicted octanol–water partition coefficient (Wildman–Crippen LogP) is 1.41. The Balaban J connectivity index is 1.67. The molecular formula is C18H21N5O. The second-order valence-electron chi connectivity index (χ2n) is 6.30. The van der Waals surface area contributed by atoms with Crippen molar-refractivity contribution in [2.45, 2.75) is 12.6 Å². The summed E-state index contributed by atoms with van der Waals surface area (Å²) in [5.74, 6) is 1.03. The summed E-state index contributed by atoms with van der Waals surface area (Å²) in [4.78, 5) is 22.3. The summed E-state index contributed by atoms with van der Waals surface area (Å²) in [6.45, 7) is 3.28. The monoisotopic (exact) mass is 323 g/mol. The van der Waals surface area contributed by atoms with Gasteiger partial charge in [0.05, 0.1) is 6.04 Å². The number of nitrogens with one attached hydrogen (secondary N) is 2. The van der Waals surface area contributed by atoms with Gasteiger partial charge in [0.15, 0.2) is 0 Å². The Morgan fingerprint density at radius 1 is 1.33 bits per heavy atom. The molecule has 124 valence electrons. The summed E-state index contributed by atoms with van der Waals surface area (Å²) in [7, 11) is 2.01. The molecule has 2 aromatic heterocycles. The smallest absolute Gasteiger partial charge is 0.252 e. The summed E-state index contributed by atoms with van der Waals surface area (Å²) in [5.41, 5.74) is 1.67. The van der Waals surface area contributed by atoms with Gasteiger partial charge in [-0.2, -0.15) is 0 Å². The molecule has 3 heterocycles. The van der Waals surface area contributed by atoms with Crippen molar-refractivity contribution in [2.75, 3.05) is 19.6 Å². The van der Waals surface area contributed by atoms with Gasteiger partial charge in [-0.3, -0.25) is 9.69 Å². The minimum atomic E-state index is -0.00850. The molecule has 0 amide bonds. The van der Waals surface area contributed by atoms with Crippen LogP contribution in [0.4, 0.5) is 0 Å². The van der Waals surface area contributed by atoms with Crippen LogP contribution in [0.25, 0.3) is 10.9 Å². The number of nitrogens with zero attached hydrogens (tertiary/aromatic N) is 3. The lowest BCUT2D eigenvalue weighted by atomic mass is 10.1. The van der Waals surface area contributed by atoms with Gasteiger partial charge in [-0.05, 0) is 17.5 Å². The first-order valence-electron chi connectivity index (χ1n) is 8.25. The molecule has 4 rings (SSSR count). The molecule has 2 N–H and O–H groups in total. The minimum Gasteiger partial charge on any atom is -0.337 e. The van der Waals surface area contributed by atoms with Gasteiger partial charge in [0.1, 0.15) is 5.82 Å². The Morgan fingerprint density at radius 2 is 2.21 bits per heavy atom. The molecule has 1 aromatic carbocycles. The molecule has 6 heteroatoms. The third-order valence-corrected chi connectivity index (χ3v) is 4.71. The van der Waals surface area contributed by atoms with E-state index in [0.29, 0.717) is 6.54 Å². The van der Waals surface area contributed by atoms with Crippen LogP contribution < -0.4 is 10.9 Å². The van der Waals surface area contributed by atoms with E-state index in [1.54, 1.807) is 0 Å². The lowest BCUT2D eigenvalue weighted by Crippen LogP contribution is -2.46. The molecule has 1 atom stereocenters. The summed E-state index contributed by atoms with van der Waals surface area (Å²) < 4.78 is 2.05. The Bertz CT molecular complexity index is 913. The highest BCUT2D eigenvalue weighted by atomic mass is 16.1. The van der Waals surface area contributed by atoms with Crippen molar-refractivity contribution in [3.05, 3.63) is 64.5 Å². The van der Waals surface area contributed by atoms with Crippen LogP contribution in [0.1, 0.15) is 17.4 Å². The zero-order chi connectivity index (χ0) is 16.5. The highest BCUT2D eigenvalue weighted by Gasteiger charge is 2.27. The van der Waals surface area contributed by atoms with Gasteiger partial charge in [-0.15, -0.1) is 0 Å². The number of hydrogen-bond donors (Lipinski definition) is 2. The molecule has 6 nitrogen and oxygen atoms in total. The van der Waals surface area contributed by atoms with Crippen LogP contribution >= 0.6 is 0 Å². The number of benzene rings is 1. The van der Waals surface area contributed by atoms with Gasteiger partial charge < -0.3 is 14.9 Å². The molecule has 0 saturated carbocycles. The van der Waals surface area contributed by atoms with E-state index in [1.165, 1.54) is 0 Å². The van der Waals surface area contributed by atoms with Crippen molar-refractivity contribution < 1.29 is 0 Å². The number of aryl methyl sites for hydroxylation is 1. The Hall–Kier alpha value is -2.44. The lowest BCUT2D eigenvalue weighted by molar-refractivity contribution is 0.144. The number of fused-ring (bicyclic) bond motifs is 1. The van der Waals surface area contributed by atoms with Crippen LogP contribution in [-0.2, 0) is 13.6 Å². The first kappa shape index (κ1) is 15.1. The second kappa shape index (κ2) is 6.22. The van der Waals surface area contributed by atoms with Crippen molar-refractivity contribution in [1.82, 2.24) is 24.8 Å². The fourth-order valence-corrected chi connectivity index (χ4v) is 3.42. The average molecular weight is 323 g/mol. The number of para-hydroxylation sites is 1. The number of aromatic nitrogens is 3. The Labute approximate surface area is 140 Å². The summed E-state index contributed by atoms with van der Waals surface area (Å²) in [6.07, 6.45) is 3.79. The molecular weight excluding hydrogens is 302 g/mol. The third kappa shape index (κ3) is 2.74. The fourth-order valence-electron chi connectivity index (χ4n) is 3.42. The molecule has 1 unspecified atom stereocenters. The van der Waals surface area contributed by atoms with E-state index in [4.69, 9.17) is 0 Å². The predicted molar refractivity (Wildman–Crippen MR) is 93.8 cm³/mol. The number of H-pyrrole nitrogens is 1. The highest BCUT2D eigenvalue weighted by molar-refractivity contribution is 5.78. The van der Waals surface area contributed by atoms with Crippen molar-refractivity contribution in [3.63, 3.8) is 0 Å². The Kier molecular flexibility index (Phi) is 3.92. The molecule has 3 aromatic rings. The first-order chi connectivity index (χ1) is 11.7. The Morgan fingerprint density at radius 3 is 3.04 bits per heavy atom. The maximum atomic E-state index is 12.4. The van der Waals surface area contributed by atoms with Crippen molar-refractivity contribution in [3.8, 4) is 0 Å².